The maximum absolute atomic E-state index is 12.3. The molecule has 0 radical (unpaired) electrons. The fourth-order valence-electron chi connectivity index (χ4n) is 3.27. The highest BCUT2D eigenvalue weighted by atomic mass is 16.5. The summed E-state index contributed by atoms with van der Waals surface area (Å²) in [4.78, 5) is 12.3. The molecule has 1 saturated carbocycles. The first-order valence-corrected chi connectivity index (χ1v) is 8.43. The number of ether oxygens (including phenoxy) is 2. The molecule has 0 aromatic heterocycles. The van der Waals surface area contributed by atoms with Crippen molar-refractivity contribution in [1.29, 1.82) is 0 Å². The lowest BCUT2D eigenvalue weighted by Gasteiger charge is -2.34. The molecule has 2 aliphatic rings. The standard InChI is InChI=1S/C16H30N2O3/c1-20-16(8-11-17-12-9-16)15(19)18-10-5-13-21-14-6-3-2-4-7-14/h14,17H,2-13H2,1H3,(H,18,19). The largest absolute Gasteiger partial charge is 0.378 e. The zero-order chi connectivity index (χ0) is 15.0. The van der Waals surface area contributed by atoms with Crippen molar-refractivity contribution in [3.8, 4) is 0 Å². The van der Waals surface area contributed by atoms with Gasteiger partial charge in [0.15, 0.2) is 0 Å². The molecule has 1 heterocycles. The van der Waals surface area contributed by atoms with E-state index in [1.54, 1.807) is 7.11 Å². The summed E-state index contributed by atoms with van der Waals surface area (Å²) in [5, 5.41) is 6.27. The van der Waals surface area contributed by atoms with Gasteiger partial charge in [0.2, 0.25) is 0 Å². The van der Waals surface area contributed by atoms with Gasteiger partial charge in [-0.2, -0.15) is 0 Å². The Morgan fingerprint density at radius 3 is 2.62 bits per heavy atom. The summed E-state index contributed by atoms with van der Waals surface area (Å²) in [6.45, 7) is 3.09. The van der Waals surface area contributed by atoms with Crippen LogP contribution in [0.1, 0.15) is 51.4 Å². The van der Waals surface area contributed by atoms with Gasteiger partial charge in [0.05, 0.1) is 6.10 Å². The lowest BCUT2D eigenvalue weighted by Crippen LogP contribution is -2.54. The van der Waals surface area contributed by atoms with Gasteiger partial charge in [-0.1, -0.05) is 19.3 Å². The minimum Gasteiger partial charge on any atom is -0.378 e. The Bertz CT molecular complexity index is 311. The molecule has 1 amide bonds. The lowest BCUT2D eigenvalue weighted by atomic mass is 9.91. The molecule has 2 fully saturated rings. The van der Waals surface area contributed by atoms with Gasteiger partial charge < -0.3 is 20.1 Å². The monoisotopic (exact) mass is 298 g/mol. The van der Waals surface area contributed by atoms with Crippen molar-refractivity contribution in [2.24, 2.45) is 0 Å². The van der Waals surface area contributed by atoms with E-state index in [-0.39, 0.29) is 5.91 Å². The van der Waals surface area contributed by atoms with Gasteiger partial charge >= 0.3 is 0 Å². The Balaban J connectivity index is 1.59. The van der Waals surface area contributed by atoms with Gasteiger partial charge in [0.25, 0.3) is 5.91 Å². The molecule has 0 aromatic carbocycles. The van der Waals surface area contributed by atoms with Crippen LogP contribution in [-0.2, 0) is 14.3 Å². The molecule has 5 nitrogen and oxygen atoms in total. The normalized spacial score (nSPS) is 22.9. The third-order valence-electron chi connectivity index (χ3n) is 4.73. The Kier molecular flexibility index (Phi) is 6.93. The highest BCUT2D eigenvalue weighted by Crippen LogP contribution is 2.22. The first kappa shape index (κ1) is 16.7. The van der Waals surface area contributed by atoms with Gasteiger partial charge in [-0.3, -0.25) is 4.79 Å². The molecule has 1 aliphatic carbocycles. The molecule has 0 spiro atoms. The second kappa shape index (κ2) is 8.71. The molecule has 0 bridgehead atoms. The Morgan fingerprint density at radius 1 is 1.24 bits per heavy atom. The van der Waals surface area contributed by atoms with Crippen LogP contribution >= 0.6 is 0 Å². The van der Waals surface area contributed by atoms with Gasteiger partial charge in [-0.25, -0.2) is 0 Å². The number of rotatable bonds is 7. The van der Waals surface area contributed by atoms with E-state index in [1.165, 1.54) is 32.1 Å². The fourth-order valence-corrected chi connectivity index (χ4v) is 3.27. The zero-order valence-corrected chi connectivity index (χ0v) is 13.3. The highest BCUT2D eigenvalue weighted by Gasteiger charge is 2.39. The van der Waals surface area contributed by atoms with Crippen LogP contribution in [0, 0.1) is 0 Å². The minimum atomic E-state index is -0.629. The smallest absolute Gasteiger partial charge is 0.252 e. The van der Waals surface area contributed by atoms with Gasteiger partial charge in [-0.05, 0) is 45.2 Å². The summed E-state index contributed by atoms with van der Waals surface area (Å²) >= 11 is 0. The van der Waals surface area contributed by atoms with Crippen molar-refractivity contribution in [3.05, 3.63) is 0 Å². The number of hydrogen-bond acceptors (Lipinski definition) is 4. The van der Waals surface area contributed by atoms with Crippen LogP contribution in [0.4, 0.5) is 0 Å². The van der Waals surface area contributed by atoms with Gasteiger partial charge in [0, 0.05) is 20.3 Å². The van der Waals surface area contributed by atoms with Crippen LogP contribution in [0.2, 0.25) is 0 Å². The fraction of sp³-hybridized carbons (Fsp3) is 0.938. The average Bonchev–Trinajstić information content (AvgIpc) is 2.56. The van der Waals surface area contributed by atoms with Crippen molar-refractivity contribution in [2.75, 3.05) is 33.4 Å². The van der Waals surface area contributed by atoms with Gasteiger partial charge in [0.1, 0.15) is 5.60 Å². The summed E-state index contributed by atoms with van der Waals surface area (Å²) in [7, 11) is 1.64. The second-order valence-electron chi connectivity index (χ2n) is 6.19. The zero-order valence-electron chi connectivity index (χ0n) is 13.3. The van der Waals surface area contributed by atoms with Gasteiger partial charge in [-0.15, -0.1) is 0 Å². The SMILES string of the molecule is COC1(C(=O)NCCCOC2CCCCC2)CCNCC1. The molecule has 21 heavy (non-hydrogen) atoms. The molecule has 0 aromatic rings. The first-order chi connectivity index (χ1) is 10.3. The Morgan fingerprint density at radius 2 is 1.95 bits per heavy atom. The van der Waals surface area contributed by atoms with Crippen molar-refractivity contribution in [2.45, 2.75) is 63.1 Å². The number of amides is 1. The second-order valence-corrected chi connectivity index (χ2v) is 6.19. The topological polar surface area (TPSA) is 59.6 Å². The van der Waals surface area contributed by atoms with E-state index < -0.39 is 5.60 Å². The molecular formula is C16H30N2O3. The van der Waals surface area contributed by atoms with E-state index in [0.717, 1.165) is 39.0 Å². The van der Waals surface area contributed by atoms with Crippen LogP contribution in [0.3, 0.4) is 0 Å². The third kappa shape index (κ3) is 4.94. The lowest BCUT2D eigenvalue weighted by molar-refractivity contribution is -0.146. The summed E-state index contributed by atoms with van der Waals surface area (Å²) in [6.07, 6.45) is 9.16. The number of methoxy groups -OCH3 is 1. The third-order valence-corrected chi connectivity index (χ3v) is 4.73. The predicted molar refractivity (Wildman–Crippen MR) is 82.3 cm³/mol. The van der Waals surface area contributed by atoms with E-state index in [0.29, 0.717) is 12.6 Å². The molecule has 5 heteroatoms. The first-order valence-electron chi connectivity index (χ1n) is 8.43. The molecule has 1 aliphatic heterocycles. The maximum atomic E-state index is 12.3. The van der Waals surface area contributed by atoms with E-state index in [4.69, 9.17) is 9.47 Å². The number of carbonyl (C=O) groups excluding carboxylic acids is 1. The Hall–Kier alpha value is -0.650. The van der Waals surface area contributed by atoms with Crippen molar-refractivity contribution in [3.63, 3.8) is 0 Å². The summed E-state index contributed by atoms with van der Waals surface area (Å²) in [5.74, 6) is 0.0316. The quantitative estimate of drug-likeness (QED) is 0.701. The molecule has 2 N–H and O–H groups in total. The van der Waals surface area contributed by atoms with Crippen molar-refractivity contribution in [1.82, 2.24) is 10.6 Å². The Labute approximate surface area is 128 Å². The van der Waals surface area contributed by atoms with E-state index in [1.807, 2.05) is 0 Å². The van der Waals surface area contributed by atoms with E-state index in [9.17, 15) is 4.79 Å². The van der Waals surface area contributed by atoms with Crippen LogP contribution in [-0.4, -0.2) is 51.0 Å². The average molecular weight is 298 g/mol. The predicted octanol–water partition coefficient (Wildman–Crippen LogP) is 1.61. The molecule has 2 rings (SSSR count). The molecular weight excluding hydrogens is 268 g/mol. The summed E-state index contributed by atoms with van der Waals surface area (Å²) < 4.78 is 11.4. The van der Waals surface area contributed by atoms with E-state index >= 15 is 0 Å². The molecule has 122 valence electrons. The molecule has 0 unspecified atom stereocenters. The maximum Gasteiger partial charge on any atom is 0.252 e. The summed E-state index contributed by atoms with van der Waals surface area (Å²) in [6, 6.07) is 0. The number of hydrogen-bond donors (Lipinski definition) is 2. The molecule has 1 saturated heterocycles. The van der Waals surface area contributed by atoms with Crippen molar-refractivity contribution >= 4 is 5.91 Å². The van der Waals surface area contributed by atoms with Crippen LogP contribution < -0.4 is 10.6 Å². The number of carbonyl (C=O) groups is 1. The van der Waals surface area contributed by atoms with Crippen molar-refractivity contribution < 1.29 is 14.3 Å². The van der Waals surface area contributed by atoms with Crippen LogP contribution in [0.15, 0.2) is 0 Å². The minimum absolute atomic E-state index is 0.0316. The van der Waals surface area contributed by atoms with Crippen LogP contribution in [0.5, 0.6) is 0 Å². The summed E-state index contributed by atoms with van der Waals surface area (Å²) in [5.41, 5.74) is -0.629. The number of piperidine rings is 1. The van der Waals surface area contributed by atoms with E-state index in [2.05, 4.69) is 10.6 Å². The highest BCUT2D eigenvalue weighted by molar-refractivity contribution is 5.85. The van der Waals surface area contributed by atoms with Crippen LogP contribution in [0.25, 0.3) is 0 Å². The molecule has 0 atom stereocenters. The number of nitrogens with one attached hydrogen (secondary N) is 2.